The zero-order chi connectivity index (χ0) is 20.2. The maximum atomic E-state index is 12.2. The van der Waals surface area contributed by atoms with Gasteiger partial charge in [0.15, 0.2) is 10.9 Å². The standard InChI is InChI=1S/C19H15N5O2S3/c1-11-4-5-12-14(9-11)29-19(20-12)22-16(25)10-28-17-7-6-15(23-24-17)21-18(26)13-3-2-8-27-13/h2-9H,10H2,1H3,(H,20,22,25)(H,21,23,26). The lowest BCUT2D eigenvalue weighted by Crippen LogP contribution is -2.14. The predicted molar refractivity (Wildman–Crippen MR) is 118 cm³/mol. The van der Waals surface area contributed by atoms with Gasteiger partial charge in [0.25, 0.3) is 5.91 Å². The topological polar surface area (TPSA) is 96.9 Å². The van der Waals surface area contributed by atoms with Gasteiger partial charge in [-0.05, 0) is 48.2 Å². The smallest absolute Gasteiger partial charge is 0.266 e. The summed E-state index contributed by atoms with van der Waals surface area (Å²) >= 11 is 4.07. The highest BCUT2D eigenvalue weighted by molar-refractivity contribution is 7.99. The predicted octanol–water partition coefficient (Wildman–Crippen LogP) is 4.44. The number of thioether (sulfide) groups is 1. The number of nitrogens with one attached hydrogen (secondary N) is 2. The Morgan fingerprint density at radius 2 is 2.00 bits per heavy atom. The number of carbonyl (C=O) groups excluding carboxylic acids is 2. The van der Waals surface area contributed by atoms with Crippen molar-refractivity contribution in [1.29, 1.82) is 0 Å². The van der Waals surface area contributed by atoms with Gasteiger partial charge in [0, 0.05) is 0 Å². The van der Waals surface area contributed by atoms with E-state index in [2.05, 4.69) is 25.8 Å². The lowest BCUT2D eigenvalue weighted by molar-refractivity contribution is -0.113. The van der Waals surface area contributed by atoms with E-state index in [1.807, 2.05) is 36.6 Å². The molecule has 2 N–H and O–H groups in total. The van der Waals surface area contributed by atoms with E-state index in [-0.39, 0.29) is 17.6 Å². The molecule has 4 aromatic rings. The lowest BCUT2D eigenvalue weighted by Gasteiger charge is -2.04. The second-order valence-electron chi connectivity index (χ2n) is 6.02. The Labute approximate surface area is 178 Å². The van der Waals surface area contributed by atoms with E-state index in [0.29, 0.717) is 20.9 Å². The minimum absolute atomic E-state index is 0.164. The number of rotatable bonds is 6. The fourth-order valence-corrected chi connectivity index (χ4v) is 4.64. The fourth-order valence-electron chi connectivity index (χ4n) is 2.43. The van der Waals surface area contributed by atoms with Crippen molar-refractivity contribution < 1.29 is 9.59 Å². The monoisotopic (exact) mass is 441 g/mol. The summed E-state index contributed by atoms with van der Waals surface area (Å²) in [6.45, 7) is 2.02. The Hall–Kier alpha value is -2.82. The summed E-state index contributed by atoms with van der Waals surface area (Å²) in [5.41, 5.74) is 2.03. The summed E-state index contributed by atoms with van der Waals surface area (Å²) in [4.78, 5) is 29.2. The first-order valence-corrected chi connectivity index (χ1v) is 11.2. The molecule has 29 heavy (non-hydrogen) atoms. The lowest BCUT2D eigenvalue weighted by atomic mass is 10.2. The van der Waals surface area contributed by atoms with Crippen LogP contribution in [0, 0.1) is 6.92 Å². The first-order chi connectivity index (χ1) is 14.1. The minimum atomic E-state index is -0.222. The number of anilines is 2. The van der Waals surface area contributed by atoms with Crippen molar-refractivity contribution >= 4 is 67.4 Å². The number of benzene rings is 1. The molecular formula is C19H15N5O2S3. The number of thiophene rings is 1. The first kappa shape index (κ1) is 19.5. The molecule has 10 heteroatoms. The highest BCUT2D eigenvalue weighted by atomic mass is 32.2. The zero-order valence-electron chi connectivity index (χ0n) is 15.2. The first-order valence-electron chi connectivity index (χ1n) is 8.55. The van der Waals surface area contributed by atoms with E-state index in [9.17, 15) is 9.59 Å². The Balaban J connectivity index is 1.30. The van der Waals surface area contributed by atoms with E-state index in [1.165, 1.54) is 34.4 Å². The number of aromatic nitrogens is 3. The number of hydrogen-bond acceptors (Lipinski definition) is 8. The molecule has 3 aromatic heterocycles. The largest absolute Gasteiger partial charge is 0.304 e. The van der Waals surface area contributed by atoms with E-state index < -0.39 is 0 Å². The summed E-state index contributed by atoms with van der Waals surface area (Å²) < 4.78 is 1.04. The molecule has 0 aliphatic carbocycles. The van der Waals surface area contributed by atoms with Gasteiger partial charge in [-0.1, -0.05) is 35.2 Å². The normalized spacial score (nSPS) is 10.8. The molecule has 3 heterocycles. The Morgan fingerprint density at radius 1 is 1.10 bits per heavy atom. The van der Waals surface area contributed by atoms with Crippen LogP contribution in [0.5, 0.6) is 0 Å². The SMILES string of the molecule is Cc1ccc2nc(NC(=O)CSc3ccc(NC(=O)c4cccs4)nn3)sc2c1. The minimum Gasteiger partial charge on any atom is -0.304 e. The molecule has 0 atom stereocenters. The maximum absolute atomic E-state index is 12.2. The third-order valence-electron chi connectivity index (χ3n) is 3.77. The van der Waals surface area contributed by atoms with Gasteiger partial charge in [-0.25, -0.2) is 4.98 Å². The van der Waals surface area contributed by atoms with Crippen LogP contribution in [0.25, 0.3) is 10.2 Å². The second-order valence-corrected chi connectivity index (χ2v) is 8.99. The number of carbonyl (C=O) groups is 2. The molecule has 7 nitrogen and oxygen atoms in total. The Morgan fingerprint density at radius 3 is 2.76 bits per heavy atom. The Kier molecular flexibility index (Phi) is 5.84. The van der Waals surface area contributed by atoms with Crippen molar-refractivity contribution in [1.82, 2.24) is 15.2 Å². The molecule has 4 rings (SSSR count). The summed E-state index contributed by atoms with van der Waals surface area (Å²) in [7, 11) is 0. The number of fused-ring (bicyclic) bond motifs is 1. The molecule has 1 aromatic carbocycles. The molecule has 0 bridgehead atoms. The van der Waals surface area contributed by atoms with Crippen LogP contribution in [0.1, 0.15) is 15.2 Å². The van der Waals surface area contributed by atoms with Gasteiger partial charge in [-0.3, -0.25) is 9.59 Å². The van der Waals surface area contributed by atoms with E-state index in [4.69, 9.17) is 0 Å². The van der Waals surface area contributed by atoms with Crippen molar-refractivity contribution in [2.24, 2.45) is 0 Å². The highest BCUT2D eigenvalue weighted by Gasteiger charge is 2.11. The van der Waals surface area contributed by atoms with Gasteiger partial charge in [0.1, 0.15) is 5.03 Å². The summed E-state index contributed by atoms with van der Waals surface area (Å²) in [5, 5.41) is 16.5. The van der Waals surface area contributed by atoms with Crippen molar-refractivity contribution in [3.8, 4) is 0 Å². The fraction of sp³-hybridized carbons (Fsp3) is 0.105. The molecule has 0 fully saturated rings. The van der Waals surface area contributed by atoms with Crippen LogP contribution in [0.3, 0.4) is 0 Å². The Bertz CT molecular complexity index is 1160. The number of aryl methyl sites for hydroxylation is 1. The summed E-state index contributed by atoms with van der Waals surface area (Å²) in [6, 6.07) is 12.9. The van der Waals surface area contributed by atoms with Gasteiger partial charge in [-0.15, -0.1) is 21.5 Å². The highest BCUT2D eigenvalue weighted by Crippen LogP contribution is 2.27. The number of thiazole rings is 1. The molecule has 0 saturated heterocycles. The average molecular weight is 442 g/mol. The van der Waals surface area contributed by atoms with Gasteiger partial charge in [-0.2, -0.15) is 0 Å². The van der Waals surface area contributed by atoms with Gasteiger partial charge >= 0.3 is 0 Å². The third kappa shape index (κ3) is 4.97. The molecule has 0 aliphatic rings. The van der Waals surface area contributed by atoms with Crippen LogP contribution >= 0.6 is 34.4 Å². The average Bonchev–Trinajstić information content (AvgIpc) is 3.37. The van der Waals surface area contributed by atoms with Crippen molar-refractivity contribution in [3.63, 3.8) is 0 Å². The molecule has 146 valence electrons. The number of nitrogens with zero attached hydrogens (tertiary/aromatic N) is 3. The van der Waals surface area contributed by atoms with Crippen molar-refractivity contribution in [3.05, 3.63) is 58.3 Å². The van der Waals surface area contributed by atoms with Crippen LogP contribution in [-0.4, -0.2) is 32.7 Å². The third-order valence-corrected chi connectivity index (χ3v) is 6.49. The van der Waals surface area contributed by atoms with Crippen molar-refractivity contribution in [2.75, 3.05) is 16.4 Å². The zero-order valence-corrected chi connectivity index (χ0v) is 17.7. The summed E-state index contributed by atoms with van der Waals surface area (Å²) in [5.74, 6) is 0.162. The van der Waals surface area contributed by atoms with Crippen LogP contribution < -0.4 is 10.6 Å². The van der Waals surface area contributed by atoms with Crippen LogP contribution in [0.2, 0.25) is 0 Å². The van der Waals surface area contributed by atoms with Crippen molar-refractivity contribution in [2.45, 2.75) is 11.9 Å². The van der Waals surface area contributed by atoms with E-state index in [0.717, 1.165) is 15.8 Å². The van der Waals surface area contributed by atoms with Gasteiger partial charge < -0.3 is 10.6 Å². The molecule has 2 amide bonds. The quantitative estimate of drug-likeness (QED) is 0.430. The van der Waals surface area contributed by atoms with Crippen LogP contribution in [-0.2, 0) is 4.79 Å². The maximum Gasteiger partial charge on any atom is 0.266 e. The van der Waals surface area contributed by atoms with Crippen LogP contribution in [0.15, 0.2) is 52.9 Å². The van der Waals surface area contributed by atoms with Gasteiger partial charge in [0.05, 0.1) is 20.8 Å². The molecule has 0 aliphatic heterocycles. The van der Waals surface area contributed by atoms with Crippen LogP contribution in [0.4, 0.5) is 10.9 Å². The van der Waals surface area contributed by atoms with E-state index >= 15 is 0 Å². The second kappa shape index (κ2) is 8.68. The summed E-state index contributed by atoms with van der Waals surface area (Å²) in [6.07, 6.45) is 0. The molecule has 0 saturated carbocycles. The van der Waals surface area contributed by atoms with E-state index in [1.54, 1.807) is 18.2 Å². The number of hydrogen-bond donors (Lipinski definition) is 2. The molecule has 0 spiro atoms. The number of amides is 2. The molecule has 0 radical (unpaired) electrons. The molecule has 0 unspecified atom stereocenters. The molecular weight excluding hydrogens is 426 g/mol. The van der Waals surface area contributed by atoms with Gasteiger partial charge in [0.2, 0.25) is 5.91 Å².